The number of rotatable bonds is 5. The van der Waals surface area contributed by atoms with E-state index in [0.29, 0.717) is 31.0 Å². The molecule has 0 spiro atoms. The number of aromatic nitrogens is 2. The molecule has 5 nitrogen and oxygen atoms in total. The molecule has 1 aliphatic heterocycles. The molecule has 0 saturated heterocycles. The smallest absolute Gasteiger partial charge is 0.300 e. The van der Waals surface area contributed by atoms with Crippen molar-refractivity contribution in [3.8, 4) is 11.8 Å². The largest absolute Gasteiger partial charge is 0.490 e. The first-order valence-corrected chi connectivity index (χ1v) is 11.8. The topological polar surface area (TPSA) is 53.4 Å². The van der Waals surface area contributed by atoms with E-state index in [4.69, 9.17) is 9.47 Å². The third-order valence-electron chi connectivity index (χ3n) is 7.09. The van der Waals surface area contributed by atoms with Crippen molar-refractivity contribution in [2.75, 3.05) is 6.61 Å². The van der Waals surface area contributed by atoms with Crippen LogP contribution >= 0.6 is 0 Å². The van der Waals surface area contributed by atoms with Crippen molar-refractivity contribution in [2.45, 2.75) is 88.7 Å². The molecule has 0 bridgehead atoms. The molecule has 2 fully saturated rings. The minimum absolute atomic E-state index is 0.111. The lowest BCUT2D eigenvalue weighted by Gasteiger charge is -2.23. The Balaban J connectivity index is 1.22. The van der Waals surface area contributed by atoms with E-state index in [0.717, 1.165) is 24.3 Å². The molecule has 0 unspecified atom stereocenters. The van der Waals surface area contributed by atoms with Gasteiger partial charge in [-0.15, -0.1) is 0 Å². The van der Waals surface area contributed by atoms with Gasteiger partial charge in [-0.2, -0.15) is 4.98 Å². The Hall–Kier alpha value is -2.30. The van der Waals surface area contributed by atoms with Crippen LogP contribution in [0.5, 0.6) is 11.8 Å². The zero-order valence-corrected chi connectivity index (χ0v) is 17.7. The Morgan fingerprint density at radius 2 is 1.60 bits per heavy atom. The Labute approximate surface area is 178 Å². The molecule has 2 aromatic rings. The minimum atomic E-state index is -0.193. The fraction of sp³-hybridized carbons (Fsp3) is 0.600. The van der Waals surface area contributed by atoms with Gasteiger partial charge in [0.1, 0.15) is 12.4 Å². The molecule has 30 heavy (non-hydrogen) atoms. The Morgan fingerprint density at radius 3 is 2.30 bits per heavy atom. The first kappa shape index (κ1) is 19.7. The van der Waals surface area contributed by atoms with Crippen LogP contribution in [0.4, 0.5) is 0 Å². The number of benzene rings is 1. The Morgan fingerprint density at radius 1 is 0.933 bits per heavy atom. The quantitative estimate of drug-likeness (QED) is 0.684. The Kier molecular flexibility index (Phi) is 5.78. The molecular weight excluding hydrogens is 376 g/mol. The van der Waals surface area contributed by atoms with Crippen molar-refractivity contribution in [3.05, 3.63) is 51.9 Å². The molecule has 1 atom stereocenters. The van der Waals surface area contributed by atoms with Crippen molar-refractivity contribution >= 4 is 0 Å². The molecule has 2 heterocycles. The van der Waals surface area contributed by atoms with E-state index in [1.807, 2.05) is 0 Å². The first-order chi connectivity index (χ1) is 14.8. The van der Waals surface area contributed by atoms with Crippen LogP contribution in [0.2, 0.25) is 0 Å². The van der Waals surface area contributed by atoms with Gasteiger partial charge in [0.2, 0.25) is 0 Å². The molecular formula is C25H32N2O3. The number of nitrogens with zero attached hydrogens (tertiary/aromatic N) is 2. The van der Waals surface area contributed by atoms with E-state index in [9.17, 15) is 4.79 Å². The predicted octanol–water partition coefficient (Wildman–Crippen LogP) is 5.18. The summed E-state index contributed by atoms with van der Waals surface area (Å²) in [5.41, 5.74) is 2.34. The number of ether oxygens (including phenoxy) is 2. The molecule has 2 aliphatic carbocycles. The van der Waals surface area contributed by atoms with Crippen molar-refractivity contribution in [2.24, 2.45) is 0 Å². The van der Waals surface area contributed by atoms with Crippen LogP contribution < -0.4 is 15.0 Å². The van der Waals surface area contributed by atoms with Gasteiger partial charge in [-0.05, 0) is 55.2 Å². The van der Waals surface area contributed by atoms with Crippen molar-refractivity contribution in [3.63, 3.8) is 0 Å². The molecule has 5 rings (SSSR count). The summed E-state index contributed by atoms with van der Waals surface area (Å²) in [4.78, 5) is 16.2. The van der Waals surface area contributed by atoms with Gasteiger partial charge in [0.25, 0.3) is 11.6 Å². The lowest BCUT2D eigenvalue weighted by molar-refractivity contribution is 0.143. The molecule has 3 aliphatic rings. The van der Waals surface area contributed by atoms with Crippen molar-refractivity contribution in [1.82, 2.24) is 9.55 Å². The second-order valence-electron chi connectivity index (χ2n) is 9.20. The third kappa shape index (κ3) is 4.26. The zero-order valence-electron chi connectivity index (χ0n) is 17.7. The van der Waals surface area contributed by atoms with Gasteiger partial charge < -0.3 is 9.47 Å². The summed E-state index contributed by atoms with van der Waals surface area (Å²) < 4.78 is 14.1. The van der Waals surface area contributed by atoms with Crippen LogP contribution in [-0.2, 0) is 6.54 Å². The van der Waals surface area contributed by atoms with Gasteiger partial charge >= 0.3 is 0 Å². The highest BCUT2D eigenvalue weighted by Crippen LogP contribution is 2.35. The maximum Gasteiger partial charge on any atom is 0.300 e. The zero-order chi connectivity index (χ0) is 20.3. The summed E-state index contributed by atoms with van der Waals surface area (Å²) >= 11 is 0. The highest BCUT2D eigenvalue weighted by atomic mass is 16.6. The second kappa shape index (κ2) is 8.83. The number of hydrogen-bond acceptors (Lipinski definition) is 4. The lowest BCUT2D eigenvalue weighted by atomic mass is 9.84. The van der Waals surface area contributed by atoms with E-state index < -0.39 is 0 Å². The maximum atomic E-state index is 12.1. The fourth-order valence-electron chi connectivity index (χ4n) is 5.45. The van der Waals surface area contributed by atoms with Crippen LogP contribution in [0.1, 0.15) is 87.3 Å². The highest BCUT2D eigenvalue weighted by Gasteiger charge is 2.29. The molecule has 1 aromatic heterocycles. The fourth-order valence-corrected chi connectivity index (χ4v) is 5.45. The molecule has 160 valence electrons. The summed E-state index contributed by atoms with van der Waals surface area (Å²) in [7, 11) is 0. The van der Waals surface area contributed by atoms with E-state index in [2.05, 4.69) is 33.8 Å². The lowest BCUT2D eigenvalue weighted by Crippen LogP contribution is -2.24. The van der Waals surface area contributed by atoms with Gasteiger partial charge in [0.05, 0.1) is 6.54 Å². The SMILES string of the molecule is O=c1cc(C2CCCCC2)n2c(n1)O[C@H](COc1ccc(C3CCCCC3)cc1)C2. The minimum Gasteiger partial charge on any atom is -0.490 e. The van der Waals surface area contributed by atoms with E-state index >= 15 is 0 Å². The molecule has 0 radical (unpaired) electrons. The van der Waals surface area contributed by atoms with Gasteiger partial charge in [-0.1, -0.05) is 50.7 Å². The van der Waals surface area contributed by atoms with Gasteiger partial charge in [0, 0.05) is 11.8 Å². The van der Waals surface area contributed by atoms with Crippen LogP contribution in [0.3, 0.4) is 0 Å². The molecule has 2 saturated carbocycles. The van der Waals surface area contributed by atoms with Crippen molar-refractivity contribution in [1.29, 1.82) is 0 Å². The van der Waals surface area contributed by atoms with Crippen LogP contribution in [-0.4, -0.2) is 22.3 Å². The monoisotopic (exact) mass is 408 g/mol. The summed E-state index contributed by atoms with van der Waals surface area (Å²) in [6.45, 7) is 1.17. The number of hydrogen-bond donors (Lipinski definition) is 0. The summed E-state index contributed by atoms with van der Waals surface area (Å²) in [5, 5.41) is 0. The van der Waals surface area contributed by atoms with Gasteiger partial charge in [0.15, 0.2) is 6.10 Å². The average Bonchev–Trinajstić information content (AvgIpc) is 3.21. The van der Waals surface area contributed by atoms with E-state index in [-0.39, 0.29) is 11.7 Å². The van der Waals surface area contributed by atoms with E-state index in [1.165, 1.54) is 56.9 Å². The summed E-state index contributed by atoms with van der Waals surface area (Å²) in [6, 6.07) is 10.8. The highest BCUT2D eigenvalue weighted by molar-refractivity contribution is 5.30. The molecule has 5 heteroatoms. The maximum absolute atomic E-state index is 12.1. The third-order valence-corrected chi connectivity index (χ3v) is 7.09. The summed E-state index contributed by atoms with van der Waals surface area (Å²) in [5.74, 6) is 2.04. The Bertz CT molecular complexity index is 909. The second-order valence-corrected chi connectivity index (χ2v) is 9.20. The van der Waals surface area contributed by atoms with Gasteiger partial charge in [-0.3, -0.25) is 9.36 Å². The van der Waals surface area contributed by atoms with E-state index in [1.54, 1.807) is 6.07 Å². The van der Waals surface area contributed by atoms with Gasteiger partial charge in [-0.25, -0.2) is 0 Å². The first-order valence-electron chi connectivity index (χ1n) is 11.8. The van der Waals surface area contributed by atoms with Crippen LogP contribution in [0.25, 0.3) is 0 Å². The molecule has 1 aromatic carbocycles. The summed E-state index contributed by atoms with van der Waals surface area (Å²) in [6.07, 6.45) is 12.7. The number of fused-ring (bicyclic) bond motifs is 1. The normalized spacial score (nSPS) is 22.5. The molecule has 0 N–H and O–H groups in total. The predicted molar refractivity (Wildman–Crippen MR) is 117 cm³/mol. The molecule has 0 amide bonds. The standard InChI is InChI=1S/C25H32N2O3/c28-24-15-23(20-9-5-2-6-10-20)27-16-22(30-25(27)26-24)17-29-21-13-11-19(12-14-21)18-7-3-1-4-8-18/h11-15,18,20,22H,1-10,16-17H2/t22-/m0/s1. The van der Waals surface area contributed by atoms with Crippen molar-refractivity contribution < 1.29 is 9.47 Å². The van der Waals surface area contributed by atoms with Crippen LogP contribution in [0.15, 0.2) is 35.1 Å². The average molecular weight is 409 g/mol. The van der Waals surface area contributed by atoms with Crippen LogP contribution in [0, 0.1) is 0 Å².